The first-order valence-corrected chi connectivity index (χ1v) is 6.09. The summed E-state index contributed by atoms with van der Waals surface area (Å²) >= 11 is 0. The summed E-state index contributed by atoms with van der Waals surface area (Å²) in [5.41, 5.74) is 6.96. The summed E-state index contributed by atoms with van der Waals surface area (Å²) in [5.74, 6) is 0. The lowest BCUT2D eigenvalue weighted by Crippen LogP contribution is -2.37. The Balaban J connectivity index is 2.30. The maximum atomic E-state index is 11.6. The van der Waals surface area contributed by atoms with E-state index in [4.69, 9.17) is 5.73 Å². The highest BCUT2D eigenvalue weighted by Gasteiger charge is 2.04. The van der Waals surface area contributed by atoms with Crippen molar-refractivity contribution < 1.29 is 4.79 Å². The van der Waals surface area contributed by atoms with Crippen LogP contribution < -0.4 is 16.4 Å². The smallest absolute Gasteiger partial charge is 0.319 e. The van der Waals surface area contributed by atoms with Gasteiger partial charge < -0.3 is 21.3 Å². The quantitative estimate of drug-likeness (QED) is 0.697. The lowest BCUT2D eigenvalue weighted by Gasteiger charge is -2.20. The van der Waals surface area contributed by atoms with Gasteiger partial charge in [-0.2, -0.15) is 0 Å². The third-order valence-corrected chi connectivity index (χ3v) is 2.78. The van der Waals surface area contributed by atoms with Crippen molar-refractivity contribution in [3.63, 3.8) is 0 Å². The van der Waals surface area contributed by atoms with Crippen LogP contribution >= 0.6 is 0 Å². The van der Waals surface area contributed by atoms with Gasteiger partial charge >= 0.3 is 6.03 Å². The van der Waals surface area contributed by atoms with Crippen molar-refractivity contribution >= 4 is 17.4 Å². The SMILES string of the molecule is CC(C)N(C)CCNC(=O)Nc1cccc(N)c1. The largest absolute Gasteiger partial charge is 0.399 e. The van der Waals surface area contributed by atoms with Gasteiger partial charge in [0.15, 0.2) is 0 Å². The molecular weight excluding hydrogens is 228 g/mol. The fraction of sp³-hybridized carbons (Fsp3) is 0.462. The fourth-order valence-electron chi connectivity index (χ4n) is 1.40. The Bertz CT molecular complexity index is 392. The van der Waals surface area contributed by atoms with Crippen LogP contribution in [0.5, 0.6) is 0 Å². The molecule has 0 aliphatic rings. The molecule has 1 aromatic rings. The monoisotopic (exact) mass is 250 g/mol. The van der Waals surface area contributed by atoms with E-state index in [9.17, 15) is 4.79 Å². The molecular formula is C13H22N4O. The van der Waals surface area contributed by atoms with Crippen molar-refractivity contribution in [3.05, 3.63) is 24.3 Å². The van der Waals surface area contributed by atoms with Crippen LogP contribution in [-0.4, -0.2) is 37.1 Å². The molecule has 18 heavy (non-hydrogen) atoms. The van der Waals surface area contributed by atoms with Crippen molar-refractivity contribution in [3.8, 4) is 0 Å². The van der Waals surface area contributed by atoms with Crippen molar-refractivity contribution in [2.24, 2.45) is 0 Å². The summed E-state index contributed by atoms with van der Waals surface area (Å²) in [7, 11) is 2.03. The number of hydrogen-bond donors (Lipinski definition) is 3. The molecule has 0 unspecified atom stereocenters. The Morgan fingerprint density at radius 1 is 1.44 bits per heavy atom. The zero-order chi connectivity index (χ0) is 13.5. The molecule has 0 spiro atoms. The average molecular weight is 250 g/mol. The number of rotatable bonds is 5. The molecule has 0 radical (unpaired) electrons. The van der Waals surface area contributed by atoms with Gasteiger partial charge in [0.1, 0.15) is 0 Å². The summed E-state index contributed by atoms with van der Waals surface area (Å²) in [5, 5.41) is 5.54. The number of benzene rings is 1. The highest BCUT2D eigenvalue weighted by molar-refractivity contribution is 5.89. The van der Waals surface area contributed by atoms with Crippen molar-refractivity contribution in [1.29, 1.82) is 0 Å². The van der Waals surface area contributed by atoms with Crippen molar-refractivity contribution in [2.45, 2.75) is 19.9 Å². The number of carbonyl (C=O) groups excluding carboxylic acids is 1. The van der Waals surface area contributed by atoms with Crippen LogP contribution in [-0.2, 0) is 0 Å². The number of nitrogens with two attached hydrogens (primary N) is 1. The second kappa shape index (κ2) is 6.86. The van der Waals surface area contributed by atoms with Gasteiger partial charge in [-0.15, -0.1) is 0 Å². The Labute approximate surface area is 108 Å². The molecule has 4 N–H and O–H groups in total. The summed E-state index contributed by atoms with van der Waals surface area (Å²) in [6, 6.07) is 7.37. The second-order valence-electron chi connectivity index (χ2n) is 4.58. The minimum atomic E-state index is -0.210. The Hall–Kier alpha value is -1.75. The van der Waals surface area contributed by atoms with Crippen LogP contribution in [0.3, 0.4) is 0 Å². The molecule has 0 aliphatic heterocycles. The third-order valence-electron chi connectivity index (χ3n) is 2.78. The van der Waals surface area contributed by atoms with Crippen LogP contribution in [0.1, 0.15) is 13.8 Å². The predicted molar refractivity (Wildman–Crippen MR) is 75.6 cm³/mol. The minimum Gasteiger partial charge on any atom is -0.399 e. The van der Waals surface area contributed by atoms with Crippen LogP contribution in [0, 0.1) is 0 Å². The predicted octanol–water partition coefficient (Wildman–Crippen LogP) is 1.73. The van der Waals surface area contributed by atoms with E-state index in [1.807, 2.05) is 7.05 Å². The molecule has 5 heteroatoms. The first-order valence-electron chi connectivity index (χ1n) is 6.09. The van der Waals surface area contributed by atoms with E-state index in [-0.39, 0.29) is 6.03 Å². The molecule has 0 bridgehead atoms. The number of likely N-dealkylation sites (N-methyl/N-ethyl adjacent to an activating group) is 1. The molecule has 1 aromatic carbocycles. The van der Waals surface area contributed by atoms with Crippen LogP contribution in [0.15, 0.2) is 24.3 Å². The van der Waals surface area contributed by atoms with Crippen molar-refractivity contribution in [1.82, 2.24) is 10.2 Å². The van der Waals surface area contributed by atoms with E-state index in [1.165, 1.54) is 0 Å². The molecule has 2 amide bonds. The molecule has 0 fully saturated rings. The molecule has 0 atom stereocenters. The van der Waals surface area contributed by atoms with Crippen molar-refractivity contribution in [2.75, 3.05) is 31.2 Å². The Morgan fingerprint density at radius 2 is 2.17 bits per heavy atom. The van der Waals surface area contributed by atoms with Crippen LogP contribution in [0.4, 0.5) is 16.2 Å². The van der Waals surface area contributed by atoms with E-state index < -0.39 is 0 Å². The minimum absolute atomic E-state index is 0.210. The molecule has 1 rings (SSSR count). The highest BCUT2D eigenvalue weighted by atomic mass is 16.2. The summed E-state index contributed by atoms with van der Waals surface area (Å²) in [6.45, 7) is 5.67. The Kier molecular flexibility index (Phi) is 5.45. The number of hydrogen-bond acceptors (Lipinski definition) is 3. The van der Waals surface area contributed by atoms with Gasteiger partial charge in [0, 0.05) is 30.5 Å². The van der Waals surface area contributed by atoms with Crippen LogP contribution in [0.2, 0.25) is 0 Å². The van der Waals surface area contributed by atoms with E-state index in [2.05, 4.69) is 29.4 Å². The Morgan fingerprint density at radius 3 is 2.78 bits per heavy atom. The standard InChI is InChI=1S/C13H22N4O/c1-10(2)17(3)8-7-15-13(18)16-12-6-4-5-11(14)9-12/h4-6,9-10H,7-8,14H2,1-3H3,(H2,15,16,18). The van der Waals surface area contributed by atoms with Gasteiger partial charge in [0.2, 0.25) is 0 Å². The fourth-order valence-corrected chi connectivity index (χ4v) is 1.40. The lowest BCUT2D eigenvalue weighted by atomic mass is 10.3. The van der Waals surface area contributed by atoms with Gasteiger partial charge in [0.25, 0.3) is 0 Å². The van der Waals surface area contributed by atoms with Gasteiger partial charge in [-0.3, -0.25) is 0 Å². The molecule has 0 saturated heterocycles. The second-order valence-corrected chi connectivity index (χ2v) is 4.58. The van der Waals surface area contributed by atoms with E-state index >= 15 is 0 Å². The zero-order valence-corrected chi connectivity index (χ0v) is 11.2. The number of nitrogens with zero attached hydrogens (tertiary/aromatic N) is 1. The number of nitrogen functional groups attached to an aromatic ring is 1. The first-order chi connectivity index (χ1) is 8.49. The maximum absolute atomic E-state index is 11.6. The molecule has 0 aliphatic carbocycles. The topological polar surface area (TPSA) is 70.4 Å². The van der Waals surface area contributed by atoms with E-state index in [0.29, 0.717) is 24.0 Å². The molecule has 5 nitrogen and oxygen atoms in total. The summed E-state index contributed by atoms with van der Waals surface area (Å²) in [4.78, 5) is 13.8. The average Bonchev–Trinajstić information content (AvgIpc) is 2.28. The van der Waals surface area contributed by atoms with Gasteiger partial charge in [-0.25, -0.2) is 4.79 Å². The van der Waals surface area contributed by atoms with E-state index in [0.717, 1.165) is 6.54 Å². The summed E-state index contributed by atoms with van der Waals surface area (Å²) in [6.07, 6.45) is 0. The third kappa shape index (κ3) is 5.05. The van der Waals surface area contributed by atoms with Gasteiger partial charge in [-0.05, 0) is 39.1 Å². The lowest BCUT2D eigenvalue weighted by molar-refractivity contribution is 0.244. The molecule has 0 aromatic heterocycles. The van der Waals surface area contributed by atoms with E-state index in [1.54, 1.807) is 24.3 Å². The molecule has 100 valence electrons. The molecule has 0 saturated carbocycles. The van der Waals surface area contributed by atoms with Crippen LogP contribution in [0.25, 0.3) is 0 Å². The number of urea groups is 1. The molecule has 0 heterocycles. The number of carbonyl (C=O) groups is 1. The van der Waals surface area contributed by atoms with Gasteiger partial charge in [0.05, 0.1) is 0 Å². The van der Waals surface area contributed by atoms with Gasteiger partial charge in [-0.1, -0.05) is 6.07 Å². The number of nitrogens with one attached hydrogen (secondary N) is 2. The highest BCUT2D eigenvalue weighted by Crippen LogP contribution is 2.11. The first kappa shape index (κ1) is 14.3. The maximum Gasteiger partial charge on any atom is 0.319 e. The number of amides is 2. The zero-order valence-electron chi connectivity index (χ0n) is 11.2. The normalized spacial score (nSPS) is 10.7. The summed E-state index contributed by atoms with van der Waals surface area (Å²) < 4.78 is 0. The number of anilines is 2.